The zero-order chi connectivity index (χ0) is 24.8. The number of nitrogens with one attached hydrogen (secondary N) is 2. The van der Waals surface area contributed by atoms with Gasteiger partial charge in [0.25, 0.3) is 11.8 Å². The van der Waals surface area contributed by atoms with Crippen LogP contribution in [-0.2, 0) is 4.74 Å². The van der Waals surface area contributed by atoms with Crippen LogP contribution in [0.25, 0.3) is 0 Å². The molecule has 0 spiro atoms. The smallest absolute Gasteiger partial charge is 0.341 e. The fraction of sp³-hybridized carbons (Fsp3) is 0.208. The molecule has 3 aromatic rings. The molecule has 10 heteroatoms. The molecule has 0 saturated heterocycles. The van der Waals surface area contributed by atoms with Crippen LogP contribution in [0.5, 0.6) is 11.5 Å². The number of esters is 1. The summed E-state index contributed by atoms with van der Waals surface area (Å²) in [5.41, 5.74) is 1.30. The summed E-state index contributed by atoms with van der Waals surface area (Å²) >= 11 is 6.97. The SMILES string of the molecule is CCOC(=O)c1c(NC(=O)c2ccc(OC)c(OC)c2)sc(C(=O)Nc2cccc(Cl)c2)c1C. The Kier molecular flexibility index (Phi) is 8.14. The third kappa shape index (κ3) is 5.49. The summed E-state index contributed by atoms with van der Waals surface area (Å²) in [5, 5.41) is 6.15. The molecule has 2 N–H and O–H groups in total. The van der Waals surface area contributed by atoms with Crippen molar-refractivity contribution in [3.63, 3.8) is 0 Å². The largest absolute Gasteiger partial charge is 0.493 e. The summed E-state index contributed by atoms with van der Waals surface area (Å²) in [6.07, 6.45) is 0. The molecule has 34 heavy (non-hydrogen) atoms. The Morgan fingerprint density at radius 1 is 0.971 bits per heavy atom. The van der Waals surface area contributed by atoms with Crippen LogP contribution in [0.4, 0.5) is 10.7 Å². The molecule has 1 aromatic heterocycles. The number of carbonyl (C=O) groups is 3. The van der Waals surface area contributed by atoms with Crippen molar-refractivity contribution >= 4 is 51.4 Å². The van der Waals surface area contributed by atoms with Gasteiger partial charge in [0, 0.05) is 16.3 Å². The Labute approximate surface area is 205 Å². The van der Waals surface area contributed by atoms with Gasteiger partial charge in [0.15, 0.2) is 11.5 Å². The maximum atomic E-state index is 13.0. The lowest BCUT2D eigenvalue weighted by Crippen LogP contribution is -2.15. The van der Waals surface area contributed by atoms with Crippen molar-refractivity contribution in [1.82, 2.24) is 0 Å². The van der Waals surface area contributed by atoms with Crippen molar-refractivity contribution in [2.45, 2.75) is 13.8 Å². The number of ether oxygens (including phenoxy) is 3. The van der Waals surface area contributed by atoms with Crippen LogP contribution in [0.15, 0.2) is 42.5 Å². The van der Waals surface area contributed by atoms with Crippen molar-refractivity contribution in [2.24, 2.45) is 0 Å². The Balaban J connectivity index is 1.95. The monoisotopic (exact) mass is 502 g/mol. The van der Waals surface area contributed by atoms with Crippen LogP contribution in [0.2, 0.25) is 5.02 Å². The number of halogens is 1. The van der Waals surface area contributed by atoms with Gasteiger partial charge in [-0.05, 0) is 55.8 Å². The number of methoxy groups -OCH3 is 2. The van der Waals surface area contributed by atoms with E-state index in [0.717, 1.165) is 11.3 Å². The van der Waals surface area contributed by atoms with Crippen LogP contribution < -0.4 is 20.1 Å². The highest BCUT2D eigenvalue weighted by Gasteiger charge is 2.27. The van der Waals surface area contributed by atoms with Crippen molar-refractivity contribution in [1.29, 1.82) is 0 Å². The van der Waals surface area contributed by atoms with E-state index >= 15 is 0 Å². The molecule has 0 bridgehead atoms. The average Bonchev–Trinajstić information content (AvgIpc) is 3.14. The minimum absolute atomic E-state index is 0.122. The van der Waals surface area contributed by atoms with Gasteiger partial charge in [-0.3, -0.25) is 9.59 Å². The van der Waals surface area contributed by atoms with Crippen LogP contribution in [0, 0.1) is 6.92 Å². The number of benzene rings is 2. The van der Waals surface area contributed by atoms with E-state index in [1.165, 1.54) is 20.3 Å². The van der Waals surface area contributed by atoms with Crippen LogP contribution in [-0.4, -0.2) is 38.6 Å². The van der Waals surface area contributed by atoms with Crippen LogP contribution in [0.1, 0.15) is 42.9 Å². The van der Waals surface area contributed by atoms with E-state index in [0.29, 0.717) is 27.8 Å². The number of thiophene rings is 1. The van der Waals surface area contributed by atoms with Gasteiger partial charge in [-0.15, -0.1) is 11.3 Å². The summed E-state index contributed by atoms with van der Waals surface area (Å²) < 4.78 is 15.6. The Morgan fingerprint density at radius 2 is 1.71 bits per heavy atom. The Morgan fingerprint density at radius 3 is 2.35 bits per heavy atom. The molecule has 0 fully saturated rings. The molecular formula is C24H23ClN2O6S. The van der Waals surface area contributed by atoms with Gasteiger partial charge in [0.1, 0.15) is 5.00 Å². The highest BCUT2D eigenvalue weighted by atomic mass is 35.5. The topological polar surface area (TPSA) is 103 Å². The molecule has 2 amide bonds. The van der Waals surface area contributed by atoms with E-state index in [9.17, 15) is 14.4 Å². The van der Waals surface area contributed by atoms with Gasteiger partial charge in [-0.25, -0.2) is 4.79 Å². The molecule has 2 aromatic carbocycles. The highest BCUT2D eigenvalue weighted by Crippen LogP contribution is 2.35. The summed E-state index contributed by atoms with van der Waals surface area (Å²) in [6.45, 7) is 3.44. The quantitative estimate of drug-likeness (QED) is 0.399. The summed E-state index contributed by atoms with van der Waals surface area (Å²) in [4.78, 5) is 38.9. The van der Waals surface area contributed by atoms with E-state index < -0.39 is 17.8 Å². The molecule has 1 heterocycles. The maximum absolute atomic E-state index is 13.0. The molecule has 3 rings (SSSR count). The lowest BCUT2D eigenvalue weighted by atomic mass is 10.1. The minimum atomic E-state index is -0.638. The van der Waals surface area contributed by atoms with Gasteiger partial charge in [-0.1, -0.05) is 17.7 Å². The molecule has 0 saturated carbocycles. The second kappa shape index (κ2) is 11.0. The molecular weight excluding hydrogens is 480 g/mol. The van der Waals surface area contributed by atoms with Gasteiger partial charge in [0.05, 0.1) is 31.3 Å². The minimum Gasteiger partial charge on any atom is -0.493 e. The van der Waals surface area contributed by atoms with Gasteiger partial charge < -0.3 is 24.8 Å². The van der Waals surface area contributed by atoms with Crippen molar-refractivity contribution in [3.05, 3.63) is 69.1 Å². The molecule has 8 nitrogen and oxygen atoms in total. The molecule has 0 aliphatic carbocycles. The number of hydrogen-bond acceptors (Lipinski definition) is 7. The fourth-order valence-electron chi connectivity index (χ4n) is 3.17. The normalized spacial score (nSPS) is 10.4. The first-order valence-corrected chi connectivity index (χ1v) is 11.4. The van der Waals surface area contributed by atoms with Gasteiger partial charge in [-0.2, -0.15) is 0 Å². The molecule has 0 unspecified atom stereocenters. The van der Waals surface area contributed by atoms with Gasteiger partial charge in [0.2, 0.25) is 0 Å². The molecule has 178 valence electrons. The standard InChI is InChI=1S/C24H23ClN2O6S/c1-5-33-24(30)19-13(2)20(22(29)26-16-8-6-7-15(25)12-16)34-23(19)27-21(28)14-9-10-17(31-3)18(11-14)32-4/h6-12H,5H2,1-4H3,(H,26,29)(H,27,28). The zero-order valence-electron chi connectivity index (χ0n) is 19.0. The predicted molar refractivity (Wildman–Crippen MR) is 132 cm³/mol. The third-order valence-corrected chi connectivity index (χ3v) is 6.23. The van der Waals surface area contributed by atoms with Crippen molar-refractivity contribution in [2.75, 3.05) is 31.5 Å². The number of hydrogen-bond donors (Lipinski definition) is 2. The average molecular weight is 503 g/mol. The molecule has 0 aliphatic rings. The van der Waals surface area contributed by atoms with Crippen LogP contribution >= 0.6 is 22.9 Å². The lowest BCUT2D eigenvalue weighted by molar-refractivity contribution is 0.0527. The first-order chi connectivity index (χ1) is 16.3. The first kappa shape index (κ1) is 25.1. The fourth-order valence-corrected chi connectivity index (χ4v) is 4.45. The number of rotatable bonds is 8. The summed E-state index contributed by atoms with van der Waals surface area (Å²) in [7, 11) is 2.96. The number of amides is 2. The van der Waals surface area contributed by atoms with E-state index in [1.807, 2.05) is 0 Å². The number of carbonyl (C=O) groups excluding carboxylic acids is 3. The van der Waals surface area contributed by atoms with Crippen molar-refractivity contribution < 1.29 is 28.6 Å². The summed E-state index contributed by atoms with van der Waals surface area (Å²) in [6, 6.07) is 11.4. The second-order valence-electron chi connectivity index (χ2n) is 6.97. The van der Waals surface area contributed by atoms with E-state index in [-0.39, 0.29) is 27.6 Å². The van der Waals surface area contributed by atoms with E-state index in [4.69, 9.17) is 25.8 Å². The highest BCUT2D eigenvalue weighted by molar-refractivity contribution is 7.19. The zero-order valence-corrected chi connectivity index (χ0v) is 20.6. The third-order valence-electron chi connectivity index (χ3n) is 4.79. The molecule has 0 radical (unpaired) electrons. The van der Waals surface area contributed by atoms with Gasteiger partial charge >= 0.3 is 5.97 Å². The predicted octanol–water partition coefficient (Wildman–Crippen LogP) is 5.41. The number of anilines is 2. The van der Waals surface area contributed by atoms with Crippen molar-refractivity contribution in [3.8, 4) is 11.5 Å². The Bertz CT molecular complexity index is 1240. The maximum Gasteiger partial charge on any atom is 0.341 e. The molecule has 0 aliphatic heterocycles. The summed E-state index contributed by atoms with van der Waals surface area (Å²) in [5.74, 6) is -0.722. The second-order valence-corrected chi connectivity index (χ2v) is 8.43. The van der Waals surface area contributed by atoms with E-state index in [1.54, 1.807) is 50.2 Å². The lowest BCUT2D eigenvalue weighted by Gasteiger charge is -2.10. The molecule has 0 atom stereocenters. The first-order valence-electron chi connectivity index (χ1n) is 10.2. The van der Waals surface area contributed by atoms with E-state index in [2.05, 4.69) is 10.6 Å². The Hall–Kier alpha value is -3.56. The van der Waals surface area contributed by atoms with Crippen LogP contribution in [0.3, 0.4) is 0 Å².